The predicted molar refractivity (Wildman–Crippen MR) is 129 cm³/mol. The topological polar surface area (TPSA) is 78.5 Å². The normalized spacial score (nSPS) is 13.6. The predicted octanol–water partition coefficient (Wildman–Crippen LogP) is 4.40. The van der Waals surface area contributed by atoms with Gasteiger partial charge >= 0.3 is 0 Å². The van der Waals surface area contributed by atoms with E-state index in [1.807, 2.05) is 54.6 Å². The molecular formula is C27H27N3O3. The average molecular weight is 442 g/mol. The molecular weight excluding hydrogens is 414 g/mol. The lowest BCUT2D eigenvalue weighted by Crippen LogP contribution is -2.45. The van der Waals surface area contributed by atoms with Crippen molar-refractivity contribution in [1.29, 1.82) is 0 Å². The van der Waals surface area contributed by atoms with Crippen LogP contribution in [-0.2, 0) is 16.0 Å². The van der Waals surface area contributed by atoms with E-state index in [9.17, 15) is 14.4 Å². The Balaban J connectivity index is 1.67. The first-order valence-electron chi connectivity index (χ1n) is 11.1. The number of anilines is 2. The first kappa shape index (κ1) is 22.3. The fourth-order valence-corrected chi connectivity index (χ4v) is 4.27. The lowest BCUT2D eigenvalue weighted by Gasteiger charge is -2.33. The fraction of sp³-hybridized carbons (Fsp3) is 0.222. The zero-order valence-electron chi connectivity index (χ0n) is 18.8. The number of nitrogens with zero attached hydrogens (tertiary/aromatic N) is 1. The van der Waals surface area contributed by atoms with Crippen molar-refractivity contribution < 1.29 is 14.4 Å². The highest BCUT2D eigenvalue weighted by Crippen LogP contribution is 2.30. The molecule has 4 rings (SSSR count). The number of carbonyl (C=O) groups is 3. The second-order valence-electron chi connectivity index (χ2n) is 8.20. The Labute approximate surface area is 193 Å². The van der Waals surface area contributed by atoms with Gasteiger partial charge in [0, 0.05) is 30.4 Å². The number of hydrogen-bond donors (Lipinski definition) is 2. The van der Waals surface area contributed by atoms with Gasteiger partial charge in [0.25, 0.3) is 11.8 Å². The third kappa shape index (κ3) is 4.80. The summed E-state index contributed by atoms with van der Waals surface area (Å²) in [6.07, 6.45) is 1.80. The standard InChI is InChI=1S/C27H27N3O3/c1-18-22(14-8-15-23(18)28-19(2)31)26(32)29-25(21-11-4-3-5-12-21)27(33)30-17-9-13-20-10-6-7-16-24(20)30/h3-8,10-12,14-16,25H,9,13,17H2,1-2H3,(H,28,31)(H,29,32)/t25-/m0/s1. The van der Waals surface area contributed by atoms with Gasteiger partial charge in [0.2, 0.25) is 5.91 Å². The summed E-state index contributed by atoms with van der Waals surface area (Å²) in [5.74, 6) is -0.749. The molecule has 0 saturated carbocycles. The zero-order valence-corrected chi connectivity index (χ0v) is 18.8. The van der Waals surface area contributed by atoms with E-state index in [0.717, 1.165) is 29.7 Å². The minimum Gasteiger partial charge on any atom is -0.336 e. The Morgan fingerprint density at radius 2 is 1.64 bits per heavy atom. The van der Waals surface area contributed by atoms with Crippen LogP contribution < -0.4 is 15.5 Å². The number of para-hydroxylation sites is 1. The Hall–Kier alpha value is -3.93. The molecule has 0 aliphatic carbocycles. The second-order valence-corrected chi connectivity index (χ2v) is 8.20. The molecule has 3 aromatic carbocycles. The molecule has 0 bridgehead atoms. The van der Waals surface area contributed by atoms with Crippen LogP contribution >= 0.6 is 0 Å². The average Bonchev–Trinajstić information content (AvgIpc) is 2.83. The van der Waals surface area contributed by atoms with Crippen LogP contribution in [0.1, 0.15) is 46.4 Å². The quantitative estimate of drug-likeness (QED) is 0.616. The van der Waals surface area contributed by atoms with Crippen LogP contribution in [-0.4, -0.2) is 24.3 Å². The van der Waals surface area contributed by atoms with Gasteiger partial charge in [-0.05, 0) is 54.7 Å². The molecule has 3 amide bonds. The molecule has 1 heterocycles. The highest BCUT2D eigenvalue weighted by molar-refractivity contribution is 6.04. The van der Waals surface area contributed by atoms with Gasteiger partial charge < -0.3 is 15.5 Å². The monoisotopic (exact) mass is 441 g/mol. The van der Waals surface area contributed by atoms with E-state index in [-0.39, 0.29) is 17.7 Å². The summed E-state index contributed by atoms with van der Waals surface area (Å²) in [5, 5.41) is 5.70. The van der Waals surface area contributed by atoms with Crippen molar-refractivity contribution in [3.63, 3.8) is 0 Å². The molecule has 0 aromatic heterocycles. The summed E-state index contributed by atoms with van der Waals surface area (Å²) >= 11 is 0. The summed E-state index contributed by atoms with van der Waals surface area (Å²) in [5.41, 5.74) is 4.38. The zero-order chi connectivity index (χ0) is 23.4. The highest BCUT2D eigenvalue weighted by atomic mass is 16.2. The molecule has 2 N–H and O–H groups in total. The van der Waals surface area contributed by atoms with Gasteiger partial charge in [-0.1, -0.05) is 54.6 Å². The van der Waals surface area contributed by atoms with Crippen molar-refractivity contribution in [1.82, 2.24) is 5.32 Å². The van der Waals surface area contributed by atoms with Crippen molar-refractivity contribution in [2.45, 2.75) is 32.7 Å². The smallest absolute Gasteiger partial charge is 0.254 e. The number of carbonyl (C=O) groups excluding carboxylic acids is 3. The molecule has 0 radical (unpaired) electrons. The lowest BCUT2D eigenvalue weighted by atomic mass is 9.98. The lowest BCUT2D eigenvalue weighted by molar-refractivity contribution is -0.120. The van der Waals surface area contributed by atoms with Crippen LogP contribution in [0.15, 0.2) is 72.8 Å². The van der Waals surface area contributed by atoms with Crippen LogP contribution in [0.3, 0.4) is 0 Å². The van der Waals surface area contributed by atoms with Gasteiger partial charge in [-0.25, -0.2) is 0 Å². The molecule has 0 saturated heterocycles. The van der Waals surface area contributed by atoms with Crippen molar-refractivity contribution in [3.05, 3.63) is 95.1 Å². The molecule has 6 heteroatoms. The largest absolute Gasteiger partial charge is 0.336 e. The van der Waals surface area contributed by atoms with Gasteiger partial charge in [0.1, 0.15) is 6.04 Å². The minimum atomic E-state index is -0.839. The molecule has 33 heavy (non-hydrogen) atoms. The second kappa shape index (κ2) is 9.69. The number of hydrogen-bond acceptors (Lipinski definition) is 3. The third-order valence-electron chi connectivity index (χ3n) is 5.92. The molecule has 1 atom stereocenters. The van der Waals surface area contributed by atoms with Crippen molar-refractivity contribution in [3.8, 4) is 0 Å². The molecule has 6 nitrogen and oxygen atoms in total. The van der Waals surface area contributed by atoms with E-state index in [4.69, 9.17) is 0 Å². The molecule has 0 fully saturated rings. The number of aryl methyl sites for hydroxylation is 1. The van der Waals surface area contributed by atoms with E-state index >= 15 is 0 Å². The Morgan fingerprint density at radius 3 is 2.39 bits per heavy atom. The van der Waals surface area contributed by atoms with Gasteiger partial charge in [-0.15, -0.1) is 0 Å². The first-order chi connectivity index (χ1) is 16.0. The number of fused-ring (bicyclic) bond motifs is 1. The number of nitrogens with one attached hydrogen (secondary N) is 2. The highest BCUT2D eigenvalue weighted by Gasteiger charge is 2.31. The number of amides is 3. The Bertz CT molecular complexity index is 1190. The maximum Gasteiger partial charge on any atom is 0.254 e. The molecule has 0 spiro atoms. The van der Waals surface area contributed by atoms with Gasteiger partial charge in [-0.3, -0.25) is 14.4 Å². The Kier molecular flexibility index (Phi) is 6.54. The fourth-order valence-electron chi connectivity index (χ4n) is 4.27. The van der Waals surface area contributed by atoms with Gasteiger partial charge in [0.15, 0.2) is 0 Å². The number of rotatable bonds is 5. The molecule has 0 unspecified atom stereocenters. The Morgan fingerprint density at radius 1 is 0.909 bits per heavy atom. The summed E-state index contributed by atoms with van der Waals surface area (Å²) in [7, 11) is 0. The third-order valence-corrected chi connectivity index (χ3v) is 5.92. The van der Waals surface area contributed by atoms with E-state index in [1.54, 1.807) is 30.0 Å². The first-order valence-corrected chi connectivity index (χ1v) is 11.1. The molecule has 3 aromatic rings. The van der Waals surface area contributed by atoms with Crippen molar-refractivity contribution in [2.24, 2.45) is 0 Å². The van der Waals surface area contributed by atoms with Crippen LogP contribution in [0.4, 0.5) is 11.4 Å². The summed E-state index contributed by atoms with van der Waals surface area (Å²) in [6, 6.07) is 21.5. The maximum absolute atomic E-state index is 13.8. The van der Waals surface area contributed by atoms with Crippen molar-refractivity contribution in [2.75, 3.05) is 16.8 Å². The van der Waals surface area contributed by atoms with Crippen LogP contribution in [0.2, 0.25) is 0 Å². The van der Waals surface area contributed by atoms with Crippen LogP contribution in [0.25, 0.3) is 0 Å². The van der Waals surface area contributed by atoms with Gasteiger partial charge in [-0.2, -0.15) is 0 Å². The summed E-state index contributed by atoms with van der Waals surface area (Å²) in [4.78, 5) is 40.4. The van der Waals surface area contributed by atoms with E-state index in [0.29, 0.717) is 23.4 Å². The van der Waals surface area contributed by atoms with Crippen LogP contribution in [0, 0.1) is 6.92 Å². The van der Waals surface area contributed by atoms with Crippen LogP contribution in [0.5, 0.6) is 0 Å². The minimum absolute atomic E-state index is 0.169. The van der Waals surface area contributed by atoms with E-state index < -0.39 is 6.04 Å². The molecule has 1 aliphatic rings. The van der Waals surface area contributed by atoms with E-state index in [2.05, 4.69) is 10.6 Å². The SMILES string of the molecule is CC(=O)Nc1cccc(C(=O)N[C@H](C(=O)N2CCCc3ccccc32)c2ccccc2)c1C. The summed E-state index contributed by atoms with van der Waals surface area (Å²) in [6.45, 7) is 3.80. The van der Waals surface area contributed by atoms with Crippen molar-refractivity contribution >= 4 is 29.1 Å². The maximum atomic E-state index is 13.8. The molecule has 168 valence electrons. The van der Waals surface area contributed by atoms with Gasteiger partial charge in [0.05, 0.1) is 0 Å². The van der Waals surface area contributed by atoms with E-state index in [1.165, 1.54) is 6.92 Å². The number of benzene rings is 3. The molecule has 1 aliphatic heterocycles. The summed E-state index contributed by atoms with van der Waals surface area (Å²) < 4.78 is 0.